The van der Waals surface area contributed by atoms with E-state index < -0.39 is 0 Å². The summed E-state index contributed by atoms with van der Waals surface area (Å²) in [5.74, 6) is -0.547. The topological polar surface area (TPSA) is 51.9 Å². The summed E-state index contributed by atoms with van der Waals surface area (Å²) in [5, 5.41) is 7.83. The van der Waals surface area contributed by atoms with Crippen LogP contribution in [0.25, 0.3) is 10.9 Å². The fraction of sp³-hybridized carbons (Fsp3) is 0.100. The highest BCUT2D eigenvalue weighted by Gasteiger charge is 2.17. The van der Waals surface area contributed by atoms with Gasteiger partial charge in [0.05, 0.1) is 18.4 Å². The largest absolute Gasteiger partial charge is 0.332 e. The summed E-state index contributed by atoms with van der Waals surface area (Å²) in [7, 11) is 1.78. The summed E-state index contributed by atoms with van der Waals surface area (Å²) >= 11 is 0. The van der Waals surface area contributed by atoms with Crippen molar-refractivity contribution in [2.24, 2.45) is 7.05 Å². The molecule has 0 saturated heterocycles. The van der Waals surface area contributed by atoms with Crippen molar-refractivity contribution in [1.82, 2.24) is 14.3 Å². The third-order valence-electron chi connectivity index (χ3n) is 4.29. The Morgan fingerprint density at radius 3 is 2.69 bits per heavy atom. The normalized spacial score (nSPS) is 11.0. The van der Waals surface area contributed by atoms with E-state index in [4.69, 9.17) is 0 Å². The van der Waals surface area contributed by atoms with Crippen molar-refractivity contribution in [2.75, 3.05) is 5.32 Å². The molecule has 0 aliphatic heterocycles. The predicted molar refractivity (Wildman–Crippen MR) is 98.6 cm³/mol. The molecular formula is C20H17FN4O. The van der Waals surface area contributed by atoms with E-state index in [1.165, 1.54) is 6.07 Å². The zero-order valence-corrected chi connectivity index (χ0v) is 14.2. The molecular weight excluding hydrogens is 331 g/mol. The Bertz CT molecular complexity index is 1100. The molecule has 130 valence electrons. The Labute approximate surface area is 149 Å². The lowest BCUT2D eigenvalue weighted by Gasteiger charge is -2.11. The number of carbonyl (C=O) groups excluding carboxylic acids is 1. The average molecular weight is 348 g/mol. The number of halogens is 1. The minimum absolute atomic E-state index is 0.259. The van der Waals surface area contributed by atoms with Crippen LogP contribution >= 0.6 is 0 Å². The summed E-state index contributed by atoms with van der Waals surface area (Å²) in [5.41, 5.74) is 2.50. The number of rotatable bonds is 4. The van der Waals surface area contributed by atoms with Crippen molar-refractivity contribution in [3.8, 4) is 0 Å². The minimum Gasteiger partial charge on any atom is -0.332 e. The number of carbonyl (C=O) groups is 1. The lowest BCUT2D eigenvalue weighted by atomic mass is 10.2. The van der Waals surface area contributed by atoms with E-state index in [1.54, 1.807) is 42.3 Å². The zero-order valence-electron chi connectivity index (χ0n) is 14.2. The monoisotopic (exact) mass is 348 g/mol. The van der Waals surface area contributed by atoms with Crippen LogP contribution in [0.15, 0.2) is 67.0 Å². The molecule has 26 heavy (non-hydrogen) atoms. The molecule has 0 bridgehead atoms. The van der Waals surface area contributed by atoms with Crippen LogP contribution in [-0.2, 0) is 13.6 Å². The van der Waals surface area contributed by atoms with Gasteiger partial charge in [-0.1, -0.05) is 36.4 Å². The third kappa shape index (κ3) is 2.97. The van der Waals surface area contributed by atoms with Gasteiger partial charge in [-0.05, 0) is 18.2 Å². The maximum Gasteiger partial charge on any atom is 0.272 e. The number of nitrogens with zero attached hydrogens (tertiary/aromatic N) is 3. The highest BCUT2D eigenvalue weighted by molar-refractivity contribution is 6.06. The van der Waals surface area contributed by atoms with Crippen molar-refractivity contribution >= 4 is 22.5 Å². The van der Waals surface area contributed by atoms with Crippen LogP contribution in [0, 0.1) is 5.82 Å². The molecule has 0 saturated carbocycles. The second kappa shape index (κ2) is 6.48. The zero-order chi connectivity index (χ0) is 18.1. The van der Waals surface area contributed by atoms with Gasteiger partial charge in [-0.15, -0.1) is 0 Å². The van der Waals surface area contributed by atoms with Crippen molar-refractivity contribution < 1.29 is 9.18 Å². The number of benzene rings is 2. The van der Waals surface area contributed by atoms with Crippen LogP contribution in [-0.4, -0.2) is 20.3 Å². The maximum absolute atomic E-state index is 14.1. The van der Waals surface area contributed by atoms with E-state index in [2.05, 4.69) is 10.4 Å². The fourth-order valence-electron chi connectivity index (χ4n) is 3.05. The summed E-state index contributed by atoms with van der Waals surface area (Å²) in [4.78, 5) is 12.8. The Hall–Kier alpha value is -3.41. The van der Waals surface area contributed by atoms with Gasteiger partial charge in [-0.25, -0.2) is 4.39 Å². The van der Waals surface area contributed by atoms with Gasteiger partial charge in [0.2, 0.25) is 0 Å². The summed E-state index contributed by atoms with van der Waals surface area (Å²) in [6, 6.07) is 16.1. The van der Waals surface area contributed by atoms with Crippen molar-refractivity contribution in [2.45, 2.75) is 6.54 Å². The Morgan fingerprint density at radius 1 is 1.15 bits per heavy atom. The molecule has 4 rings (SSSR count). The molecule has 6 heteroatoms. The van der Waals surface area contributed by atoms with Crippen LogP contribution in [0.5, 0.6) is 0 Å². The highest BCUT2D eigenvalue weighted by atomic mass is 19.1. The fourth-order valence-corrected chi connectivity index (χ4v) is 3.05. The van der Waals surface area contributed by atoms with Gasteiger partial charge < -0.3 is 9.88 Å². The van der Waals surface area contributed by atoms with E-state index in [1.807, 2.05) is 34.9 Å². The standard InChI is InChI=1S/C20H17FN4O/c1-24-13-16(11-22-24)23-20(26)19-10-14-6-3-5-9-18(14)25(19)12-15-7-2-4-8-17(15)21/h2-11,13H,12H2,1H3,(H,23,26). The van der Waals surface area contributed by atoms with Crippen LogP contribution in [0.4, 0.5) is 10.1 Å². The highest BCUT2D eigenvalue weighted by Crippen LogP contribution is 2.23. The molecule has 4 aromatic rings. The number of aromatic nitrogens is 3. The second-order valence-electron chi connectivity index (χ2n) is 6.12. The van der Waals surface area contributed by atoms with E-state index in [9.17, 15) is 9.18 Å². The number of fused-ring (bicyclic) bond motifs is 1. The smallest absolute Gasteiger partial charge is 0.272 e. The van der Waals surface area contributed by atoms with Crippen LogP contribution in [0.3, 0.4) is 0 Å². The Morgan fingerprint density at radius 2 is 1.92 bits per heavy atom. The number of amides is 1. The Kier molecular flexibility index (Phi) is 4.01. The molecule has 1 N–H and O–H groups in total. The molecule has 0 aliphatic rings. The van der Waals surface area contributed by atoms with Gasteiger partial charge in [0.15, 0.2) is 0 Å². The molecule has 2 aromatic carbocycles. The lowest BCUT2D eigenvalue weighted by Crippen LogP contribution is -2.17. The van der Waals surface area contributed by atoms with E-state index >= 15 is 0 Å². The van der Waals surface area contributed by atoms with Gasteiger partial charge in [0.1, 0.15) is 11.5 Å². The molecule has 0 fully saturated rings. The van der Waals surface area contributed by atoms with Crippen molar-refractivity contribution in [3.63, 3.8) is 0 Å². The molecule has 0 spiro atoms. The van der Waals surface area contributed by atoms with Crippen LogP contribution in [0.2, 0.25) is 0 Å². The molecule has 0 unspecified atom stereocenters. The van der Waals surface area contributed by atoms with Gasteiger partial charge in [0, 0.05) is 29.7 Å². The first kappa shape index (κ1) is 16.1. The number of anilines is 1. The molecule has 2 heterocycles. The number of aryl methyl sites for hydroxylation is 1. The van der Waals surface area contributed by atoms with E-state index in [0.29, 0.717) is 16.9 Å². The molecule has 5 nitrogen and oxygen atoms in total. The first-order chi connectivity index (χ1) is 12.6. The quantitative estimate of drug-likeness (QED) is 0.610. The Balaban J connectivity index is 1.76. The number of nitrogens with one attached hydrogen (secondary N) is 1. The number of para-hydroxylation sites is 1. The van der Waals surface area contributed by atoms with Gasteiger partial charge >= 0.3 is 0 Å². The van der Waals surface area contributed by atoms with E-state index in [0.717, 1.165) is 10.9 Å². The lowest BCUT2D eigenvalue weighted by molar-refractivity contribution is 0.101. The first-order valence-electron chi connectivity index (χ1n) is 8.23. The molecule has 2 aromatic heterocycles. The number of hydrogen-bond acceptors (Lipinski definition) is 2. The maximum atomic E-state index is 14.1. The van der Waals surface area contributed by atoms with Crippen LogP contribution < -0.4 is 5.32 Å². The van der Waals surface area contributed by atoms with E-state index in [-0.39, 0.29) is 18.3 Å². The first-order valence-corrected chi connectivity index (χ1v) is 8.23. The summed E-state index contributed by atoms with van der Waals surface area (Å²) in [6.07, 6.45) is 3.31. The van der Waals surface area contributed by atoms with Gasteiger partial charge in [-0.2, -0.15) is 5.10 Å². The minimum atomic E-state index is -0.288. The molecule has 0 radical (unpaired) electrons. The predicted octanol–water partition coefficient (Wildman–Crippen LogP) is 3.81. The third-order valence-corrected chi connectivity index (χ3v) is 4.29. The van der Waals surface area contributed by atoms with Crippen molar-refractivity contribution in [3.05, 3.63) is 84.1 Å². The summed E-state index contributed by atoms with van der Waals surface area (Å²) in [6.45, 7) is 0.274. The molecule has 0 atom stereocenters. The number of hydrogen-bond donors (Lipinski definition) is 1. The SMILES string of the molecule is Cn1cc(NC(=O)c2cc3ccccc3n2Cc2ccccc2F)cn1. The van der Waals surface area contributed by atoms with Gasteiger partial charge in [-0.3, -0.25) is 9.48 Å². The average Bonchev–Trinajstić information content (AvgIpc) is 3.21. The summed E-state index contributed by atoms with van der Waals surface area (Å²) < 4.78 is 17.6. The van der Waals surface area contributed by atoms with Gasteiger partial charge in [0.25, 0.3) is 5.91 Å². The second-order valence-corrected chi connectivity index (χ2v) is 6.12. The van der Waals surface area contributed by atoms with Crippen molar-refractivity contribution in [1.29, 1.82) is 0 Å². The molecule has 0 aliphatic carbocycles. The van der Waals surface area contributed by atoms with Crippen LogP contribution in [0.1, 0.15) is 16.1 Å². The molecule has 1 amide bonds.